The van der Waals surface area contributed by atoms with E-state index in [1.54, 1.807) is 31.4 Å². The minimum atomic E-state index is -0.528. The van der Waals surface area contributed by atoms with Gasteiger partial charge in [0.2, 0.25) is 5.24 Å². The number of para-hydroxylation sites is 1. The van der Waals surface area contributed by atoms with Crippen molar-refractivity contribution in [2.45, 2.75) is 0 Å². The molecule has 0 radical (unpaired) electrons. The molecule has 0 fully saturated rings. The average molecular weight is 227 g/mol. The second-order valence-corrected chi connectivity index (χ2v) is 3.09. The van der Waals surface area contributed by atoms with Gasteiger partial charge in [0.05, 0.1) is 14.2 Å². The highest BCUT2D eigenvalue weighted by Gasteiger charge is 2.06. The second-order valence-electron chi connectivity index (χ2n) is 2.72. The smallest absolute Gasteiger partial charge is 0.245 e. The van der Waals surface area contributed by atoms with Crippen molar-refractivity contribution in [3.8, 4) is 11.5 Å². The van der Waals surface area contributed by atoms with Crippen molar-refractivity contribution in [3.63, 3.8) is 0 Å². The molecule has 1 rings (SSSR count). The summed E-state index contributed by atoms with van der Waals surface area (Å²) < 4.78 is 10.3. The summed E-state index contributed by atoms with van der Waals surface area (Å²) in [5, 5.41) is -0.528. The maximum absolute atomic E-state index is 10.6. The Morgan fingerprint density at radius 1 is 1.33 bits per heavy atom. The molecule has 0 heterocycles. The van der Waals surface area contributed by atoms with Crippen LogP contribution in [0.4, 0.5) is 0 Å². The van der Waals surface area contributed by atoms with Crippen molar-refractivity contribution < 1.29 is 14.3 Å². The number of carbonyl (C=O) groups excluding carboxylic acids is 1. The number of ether oxygens (including phenoxy) is 2. The zero-order valence-electron chi connectivity index (χ0n) is 8.49. The molecule has 15 heavy (non-hydrogen) atoms. The first-order valence-electron chi connectivity index (χ1n) is 4.27. The van der Waals surface area contributed by atoms with E-state index in [2.05, 4.69) is 0 Å². The SMILES string of the molecule is COc1cccc(/C=C/C(=O)Cl)c1OC. The Kier molecular flexibility index (Phi) is 4.18. The summed E-state index contributed by atoms with van der Waals surface area (Å²) in [6.45, 7) is 0. The van der Waals surface area contributed by atoms with E-state index in [1.165, 1.54) is 13.2 Å². The number of methoxy groups -OCH3 is 2. The Morgan fingerprint density at radius 3 is 2.60 bits per heavy atom. The van der Waals surface area contributed by atoms with Gasteiger partial charge in [0.15, 0.2) is 11.5 Å². The largest absolute Gasteiger partial charge is 0.493 e. The molecule has 1 aromatic carbocycles. The van der Waals surface area contributed by atoms with Crippen LogP contribution in [0.5, 0.6) is 11.5 Å². The summed E-state index contributed by atoms with van der Waals surface area (Å²) in [5.74, 6) is 1.19. The maximum Gasteiger partial charge on any atom is 0.245 e. The molecule has 3 nitrogen and oxygen atoms in total. The standard InChI is InChI=1S/C11H11ClO3/c1-14-9-5-3-4-8(11(9)15-2)6-7-10(12)13/h3-7H,1-2H3/b7-6+. The van der Waals surface area contributed by atoms with Gasteiger partial charge in [0, 0.05) is 5.56 Å². The molecule has 1 aromatic rings. The summed E-state index contributed by atoms with van der Waals surface area (Å²) in [5.41, 5.74) is 0.742. The lowest BCUT2D eigenvalue weighted by Gasteiger charge is -2.09. The van der Waals surface area contributed by atoms with Crippen LogP contribution in [0.25, 0.3) is 6.08 Å². The number of hydrogen-bond donors (Lipinski definition) is 0. The van der Waals surface area contributed by atoms with Gasteiger partial charge in [-0.2, -0.15) is 0 Å². The first kappa shape index (κ1) is 11.6. The Hall–Kier alpha value is -1.48. The van der Waals surface area contributed by atoms with Gasteiger partial charge in [-0.15, -0.1) is 0 Å². The minimum absolute atomic E-state index is 0.528. The molecule has 80 valence electrons. The Labute approximate surface area is 93.3 Å². The molecule has 0 unspecified atom stereocenters. The topological polar surface area (TPSA) is 35.5 Å². The zero-order valence-corrected chi connectivity index (χ0v) is 9.25. The summed E-state index contributed by atoms with van der Waals surface area (Å²) in [6.07, 6.45) is 2.84. The fourth-order valence-corrected chi connectivity index (χ4v) is 1.26. The number of halogens is 1. The van der Waals surface area contributed by atoms with Crippen LogP contribution in [0.15, 0.2) is 24.3 Å². The number of allylic oxidation sites excluding steroid dienone is 1. The van der Waals surface area contributed by atoms with Crippen molar-refractivity contribution in [3.05, 3.63) is 29.8 Å². The summed E-state index contributed by atoms with van der Waals surface area (Å²) in [7, 11) is 3.09. The molecule has 0 saturated carbocycles. The Balaban J connectivity index is 3.11. The second kappa shape index (κ2) is 5.41. The third kappa shape index (κ3) is 2.99. The van der Waals surface area contributed by atoms with Gasteiger partial charge in [-0.1, -0.05) is 12.1 Å². The average Bonchev–Trinajstić information content (AvgIpc) is 2.25. The van der Waals surface area contributed by atoms with E-state index < -0.39 is 5.24 Å². The third-order valence-electron chi connectivity index (χ3n) is 1.83. The lowest BCUT2D eigenvalue weighted by atomic mass is 10.1. The van der Waals surface area contributed by atoms with Crippen molar-refractivity contribution >= 4 is 22.9 Å². The third-order valence-corrected chi connectivity index (χ3v) is 1.95. The molecule has 0 amide bonds. The first-order valence-corrected chi connectivity index (χ1v) is 4.65. The number of rotatable bonds is 4. The maximum atomic E-state index is 10.6. The molecule has 0 aliphatic heterocycles. The predicted molar refractivity (Wildman–Crippen MR) is 59.4 cm³/mol. The Bertz CT molecular complexity index is 385. The monoisotopic (exact) mass is 226 g/mol. The molecule has 0 aromatic heterocycles. The zero-order chi connectivity index (χ0) is 11.3. The molecule has 0 aliphatic carbocycles. The van der Waals surface area contributed by atoms with Gasteiger partial charge in [0.1, 0.15) is 0 Å². The highest BCUT2D eigenvalue weighted by molar-refractivity contribution is 6.66. The fraction of sp³-hybridized carbons (Fsp3) is 0.182. The van der Waals surface area contributed by atoms with Gasteiger partial charge < -0.3 is 9.47 Å². The van der Waals surface area contributed by atoms with Crippen LogP contribution in [0.2, 0.25) is 0 Å². The normalized spacial score (nSPS) is 10.3. The van der Waals surface area contributed by atoms with Crippen LogP contribution in [-0.2, 0) is 4.79 Å². The number of carbonyl (C=O) groups is 1. The van der Waals surface area contributed by atoms with E-state index in [0.29, 0.717) is 11.5 Å². The van der Waals surface area contributed by atoms with Gasteiger partial charge >= 0.3 is 0 Å². The van der Waals surface area contributed by atoms with Crippen molar-refractivity contribution in [1.29, 1.82) is 0 Å². The molecule has 0 spiro atoms. The summed E-state index contributed by atoms with van der Waals surface area (Å²) >= 11 is 5.20. The van der Waals surface area contributed by atoms with E-state index in [0.717, 1.165) is 5.56 Å². The van der Waals surface area contributed by atoms with Crippen LogP contribution in [0, 0.1) is 0 Å². The van der Waals surface area contributed by atoms with Crippen LogP contribution in [0.3, 0.4) is 0 Å². The van der Waals surface area contributed by atoms with Gasteiger partial charge in [-0.05, 0) is 29.8 Å². The van der Waals surface area contributed by atoms with Crippen molar-refractivity contribution in [2.75, 3.05) is 14.2 Å². The van der Waals surface area contributed by atoms with E-state index in [4.69, 9.17) is 21.1 Å². The molecule has 0 saturated heterocycles. The molecular formula is C11H11ClO3. The molecule has 0 bridgehead atoms. The first-order chi connectivity index (χ1) is 7.19. The molecule has 0 atom stereocenters. The molecular weight excluding hydrogens is 216 g/mol. The van der Waals surface area contributed by atoms with E-state index in [-0.39, 0.29) is 0 Å². The van der Waals surface area contributed by atoms with E-state index in [1.807, 2.05) is 0 Å². The minimum Gasteiger partial charge on any atom is -0.493 e. The number of benzene rings is 1. The van der Waals surface area contributed by atoms with Crippen molar-refractivity contribution in [2.24, 2.45) is 0 Å². The summed E-state index contributed by atoms with van der Waals surface area (Å²) in [4.78, 5) is 10.6. The van der Waals surface area contributed by atoms with Gasteiger partial charge in [-0.3, -0.25) is 4.79 Å². The lowest BCUT2D eigenvalue weighted by Crippen LogP contribution is -1.92. The van der Waals surface area contributed by atoms with Crippen LogP contribution < -0.4 is 9.47 Å². The van der Waals surface area contributed by atoms with E-state index in [9.17, 15) is 4.79 Å². The van der Waals surface area contributed by atoms with Crippen LogP contribution in [-0.4, -0.2) is 19.5 Å². The van der Waals surface area contributed by atoms with Gasteiger partial charge in [-0.25, -0.2) is 0 Å². The van der Waals surface area contributed by atoms with Gasteiger partial charge in [0.25, 0.3) is 0 Å². The van der Waals surface area contributed by atoms with Crippen molar-refractivity contribution in [1.82, 2.24) is 0 Å². The van der Waals surface area contributed by atoms with Crippen LogP contribution in [0.1, 0.15) is 5.56 Å². The van der Waals surface area contributed by atoms with Crippen LogP contribution >= 0.6 is 11.6 Å². The van der Waals surface area contributed by atoms with E-state index >= 15 is 0 Å². The summed E-state index contributed by atoms with van der Waals surface area (Å²) in [6, 6.07) is 5.39. The highest BCUT2D eigenvalue weighted by Crippen LogP contribution is 2.31. The fourth-order valence-electron chi connectivity index (χ4n) is 1.20. The highest BCUT2D eigenvalue weighted by atomic mass is 35.5. The molecule has 0 aliphatic rings. The molecule has 4 heteroatoms. The number of hydrogen-bond acceptors (Lipinski definition) is 3. The lowest BCUT2D eigenvalue weighted by molar-refractivity contribution is -0.107. The Morgan fingerprint density at radius 2 is 2.07 bits per heavy atom. The quantitative estimate of drug-likeness (QED) is 0.585. The molecule has 0 N–H and O–H groups in total. The predicted octanol–water partition coefficient (Wildman–Crippen LogP) is 2.48.